The number of imidazole rings is 1. The molecule has 7 heteroatoms. The van der Waals surface area contributed by atoms with Gasteiger partial charge in [-0.2, -0.15) is 4.98 Å². The molecule has 2 heterocycles. The van der Waals surface area contributed by atoms with E-state index >= 15 is 0 Å². The molecule has 0 spiro atoms. The van der Waals surface area contributed by atoms with E-state index in [9.17, 15) is 0 Å². The number of benzene rings is 2. The quantitative estimate of drug-likeness (QED) is 0.521. The molecule has 0 radical (unpaired) electrons. The topological polar surface area (TPSA) is 80.1 Å². The summed E-state index contributed by atoms with van der Waals surface area (Å²) in [6, 6.07) is 14.8. The Labute approximate surface area is 175 Å². The highest BCUT2D eigenvalue weighted by Crippen LogP contribution is 2.26. The highest BCUT2D eigenvalue weighted by Gasteiger charge is 2.22. The van der Waals surface area contributed by atoms with Crippen molar-refractivity contribution >= 4 is 17.0 Å². The van der Waals surface area contributed by atoms with Crippen LogP contribution in [0.5, 0.6) is 0 Å². The zero-order chi connectivity index (χ0) is 20.7. The zero-order valence-corrected chi connectivity index (χ0v) is 17.4. The van der Waals surface area contributed by atoms with Crippen molar-refractivity contribution in [2.45, 2.75) is 45.4 Å². The molecule has 4 aromatic rings. The number of aromatic amines is 1. The lowest BCUT2D eigenvalue weighted by molar-refractivity contribution is 0.0325. The summed E-state index contributed by atoms with van der Waals surface area (Å²) in [7, 11) is 2.03. The van der Waals surface area contributed by atoms with Crippen molar-refractivity contribution in [3.8, 4) is 11.4 Å². The van der Waals surface area contributed by atoms with Crippen molar-refractivity contribution in [2.24, 2.45) is 0 Å². The normalized spacial score (nSPS) is 14.0. The summed E-state index contributed by atoms with van der Waals surface area (Å²) < 4.78 is 11.4. The Bertz CT molecular complexity index is 1150. The fourth-order valence-corrected chi connectivity index (χ4v) is 3.80. The summed E-state index contributed by atoms with van der Waals surface area (Å²) in [4.78, 5) is 14.6. The van der Waals surface area contributed by atoms with Crippen LogP contribution in [0.15, 0.2) is 47.0 Å². The average molecular weight is 403 g/mol. The number of hydrogen-bond donors (Lipinski definition) is 1. The second kappa shape index (κ2) is 7.57. The van der Waals surface area contributed by atoms with Gasteiger partial charge in [0, 0.05) is 18.7 Å². The Balaban J connectivity index is 1.27. The Morgan fingerprint density at radius 2 is 1.90 bits per heavy atom. The second-order valence-corrected chi connectivity index (χ2v) is 8.12. The Hall–Kier alpha value is -3.19. The van der Waals surface area contributed by atoms with Crippen LogP contribution in [0.3, 0.4) is 0 Å². The van der Waals surface area contributed by atoms with Gasteiger partial charge in [-0.25, -0.2) is 4.98 Å². The van der Waals surface area contributed by atoms with Crippen LogP contribution < -0.4 is 4.90 Å². The lowest BCUT2D eigenvalue weighted by atomic mass is 10.1. The maximum atomic E-state index is 6.03. The van der Waals surface area contributed by atoms with Crippen molar-refractivity contribution < 1.29 is 9.26 Å². The molecule has 0 fully saturated rings. The zero-order valence-electron chi connectivity index (χ0n) is 17.4. The summed E-state index contributed by atoms with van der Waals surface area (Å²) >= 11 is 0. The predicted octanol–water partition coefficient (Wildman–Crippen LogP) is 4.14. The number of rotatable bonds is 6. The van der Waals surface area contributed by atoms with Gasteiger partial charge in [-0.1, -0.05) is 29.4 Å². The van der Waals surface area contributed by atoms with Crippen LogP contribution >= 0.6 is 0 Å². The Morgan fingerprint density at radius 3 is 2.63 bits per heavy atom. The van der Waals surface area contributed by atoms with Gasteiger partial charge < -0.3 is 19.1 Å². The van der Waals surface area contributed by atoms with E-state index in [0.717, 1.165) is 35.4 Å². The number of nitrogens with zero attached hydrogens (tertiary/aromatic N) is 4. The molecule has 0 unspecified atom stereocenters. The summed E-state index contributed by atoms with van der Waals surface area (Å²) in [5, 5.41) is 4.14. The van der Waals surface area contributed by atoms with Crippen molar-refractivity contribution in [3.05, 3.63) is 59.5 Å². The van der Waals surface area contributed by atoms with Crippen molar-refractivity contribution in [3.63, 3.8) is 0 Å². The standard InChI is InChI=1S/C23H25N5O2/c1-14(2)28(3)23-24-19-9-8-17(12-20(19)25-23)22-26-21(30-27-22)13-29-18-10-15-6-4-5-7-16(15)11-18/h4-9,12,14,18H,10-11,13H2,1-3H3,(H,24,25). The van der Waals surface area contributed by atoms with Gasteiger partial charge in [-0.15, -0.1) is 0 Å². The molecule has 7 nitrogen and oxygen atoms in total. The van der Waals surface area contributed by atoms with E-state index in [2.05, 4.69) is 63.1 Å². The van der Waals surface area contributed by atoms with E-state index in [-0.39, 0.29) is 6.10 Å². The molecular formula is C23H25N5O2. The van der Waals surface area contributed by atoms with E-state index in [1.54, 1.807) is 0 Å². The minimum Gasteiger partial charge on any atom is -0.368 e. The van der Waals surface area contributed by atoms with Crippen LogP contribution in [0.1, 0.15) is 30.9 Å². The monoisotopic (exact) mass is 403 g/mol. The molecular weight excluding hydrogens is 378 g/mol. The number of anilines is 1. The molecule has 1 aliphatic carbocycles. The molecule has 2 aromatic carbocycles. The fourth-order valence-electron chi connectivity index (χ4n) is 3.80. The van der Waals surface area contributed by atoms with Crippen LogP contribution in [0, 0.1) is 0 Å². The Morgan fingerprint density at radius 1 is 1.13 bits per heavy atom. The largest absolute Gasteiger partial charge is 0.368 e. The summed E-state index contributed by atoms with van der Waals surface area (Å²) in [6.45, 7) is 4.58. The third-order valence-corrected chi connectivity index (χ3v) is 5.76. The van der Waals surface area contributed by atoms with E-state index in [1.807, 2.05) is 25.2 Å². The van der Waals surface area contributed by atoms with E-state index < -0.39 is 0 Å². The van der Waals surface area contributed by atoms with Gasteiger partial charge in [0.2, 0.25) is 11.8 Å². The minimum atomic E-state index is 0.162. The smallest absolute Gasteiger partial charge is 0.252 e. The van der Waals surface area contributed by atoms with Crippen molar-refractivity contribution in [1.82, 2.24) is 20.1 Å². The first-order valence-corrected chi connectivity index (χ1v) is 10.3. The molecule has 2 aromatic heterocycles. The van der Waals surface area contributed by atoms with E-state index in [1.165, 1.54) is 11.1 Å². The first-order valence-electron chi connectivity index (χ1n) is 10.3. The third-order valence-electron chi connectivity index (χ3n) is 5.76. The third kappa shape index (κ3) is 3.57. The molecule has 0 bridgehead atoms. The maximum absolute atomic E-state index is 6.03. The minimum absolute atomic E-state index is 0.162. The summed E-state index contributed by atoms with van der Waals surface area (Å²) in [5.41, 5.74) is 5.47. The van der Waals surface area contributed by atoms with Gasteiger partial charge in [0.1, 0.15) is 6.61 Å². The molecule has 0 aliphatic heterocycles. The lowest BCUT2D eigenvalue weighted by Crippen LogP contribution is -2.26. The predicted molar refractivity (Wildman–Crippen MR) is 115 cm³/mol. The fraction of sp³-hybridized carbons (Fsp3) is 0.348. The van der Waals surface area contributed by atoms with Gasteiger partial charge in [-0.05, 0) is 56.0 Å². The molecule has 0 atom stereocenters. The van der Waals surface area contributed by atoms with E-state index in [0.29, 0.717) is 24.4 Å². The molecule has 30 heavy (non-hydrogen) atoms. The SMILES string of the molecule is CC(C)N(C)c1nc2ccc(-c3noc(COC4Cc5ccccc5C4)n3)cc2[nH]1. The number of H-pyrrole nitrogens is 1. The van der Waals surface area contributed by atoms with Crippen LogP contribution in [0.2, 0.25) is 0 Å². The Kier molecular flexibility index (Phi) is 4.75. The van der Waals surface area contributed by atoms with Gasteiger partial charge in [0.15, 0.2) is 0 Å². The highest BCUT2D eigenvalue weighted by molar-refractivity contribution is 5.82. The molecule has 0 saturated carbocycles. The number of hydrogen-bond acceptors (Lipinski definition) is 6. The van der Waals surface area contributed by atoms with E-state index in [4.69, 9.17) is 9.26 Å². The number of ether oxygens (including phenoxy) is 1. The van der Waals surface area contributed by atoms with Crippen molar-refractivity contribution in [1.29, 1.82) is 0 Å². The molecule has 5 rings (SSSR count). The van der Waals surface area contributed by atoms with Gasteiger partial charge >= 0.3 is 0 Å². The molecule has 1 aliphatic rings. The van der Waals surface area contributed by atoms with Gasteiger partial charge in [0.25, 0.3) is 5.89 Å². The second-order valence-electron chi connectivity index (χ2n) is 8.12. The number of aromatic nitrogens is 4. The maximum Gasteiger partial charge on any atom is 0.252 e. The number of nitrogens with one attached hydrogen (secondary N) is 1. The highest BCUT2D eigenvalue weighted by atomic mass is 16.5. The first kappa shape index (κ1) is 18.8. The van der Waals surface area contributed by atoms with Crippen LogP contribution in [0.4, 0.5) is 5.95 Å². The first-order chi connectivity index (χ1) is 14.6. The van der Waals surface area contributed by atoms with Crippen LogP contribution in [0.25, 0.3) is 22.4 Å². The van der Waals surface area contributed by atoms with Gasteiger partial charge in [-0.3, -0.25) is 0 Å². The summed E-state index contributed by atoms with van der Waals surface area (Å²) in [5.74, 6) is 1.89. The molecule has 0 amide bonds. The average Bonchev–Trinajstić information content (AvgIpc) is 3.48. The number of fused-ring (bicyclic) bond motifs is 2. The van der Waals surface area contributed by atoms with Crippen LogP contribution in [-0.4, -0.2) is 39.3 Å². The summed E-state index contributed by atoms with van der Waals surface area (Å²) in [6.07, 6.45) is 2.03. The van der Waals surface area contributed by atoms with Crippen LogP contribution in [-0.2, 0) is 24.2 Å². The molecule has 154 valence electrons. The molecule has 1 N–H and O–H groups in total. The van der Waals surface area contributed by atoms with Gasteiger partial charge in [0.05, 0.1) is 17.1 Å². The lowest BCUT2D eigenvalue weighted by Gasteiger charge is -2.19. The molecule has 0 saturated heterocycles. The van der Waals surface area contributed by atoms with Crippen molar-refractivity contribution in [2.75, 3.05) is 11.9 Å².